The molecular weight excluding hydrogens is 387 g/mol. The second-order valence-corrected chi connectivity index (χ2v) is 6.52. The maximum absolute atomic E-state index is 13.4. The number of hydrogen-bond acceptors (Lipinski definition) is 5. The quantitative estimate of drug-likeness (QED) is 0.543. The number of aliphatic carboxylic acids is 1. The van der Waals surface area contributed by atoms with Gasteiger partial charge in [-0.1, -0.05) is 6.07 Å². The van der Waals surface area contributed by atoms with Crippen LogP contribution in [0.5, 0.6) is 0 Å². The van der Waals surface area contributed by atoms with Crippen LogP contribution in [0.25, 0.3) is 33.1 Å². The highest BCUT2D eigenvalue weighted by Gasteiger charge is 2.35. The lowest BCUT2D eigenvalue weighted by atomic mass is 9.98. The molecule has 0 spiro atoms. The Morgan fingerprint density at radius 3 is 2.69 bits per heavy atom. The first-order chi connectivity index (χ1) is 13.7. The Balaban J connectivity index is 2.10. The van der Waals surface area contributed by atoms with Crippen molar-refractivity contribution in [1.82, 2.24) is 19.5 Å². The van der Waals surface area contributed by atoms with Crippen molar-refractivity contribution in [2.75, 3.05) is 5.73 Å². The Morgan fingerprint density at radius 2 is 2.00 bits per heavy atom. The molecular formula is C19H14F3N5O2. The molecule has 0 bridgehead atoms. The minimum absolute atomic E-state index is 0.0837. The van der Waals surface area contributed by atoms with E-state index in [1.54, 1.807) is 13.0 Å². The van der Waals surface area contributed by atoms with Gasteiger partial charge in [0, 0.05) is 17.1 Å². The summed E-state index contributed by atoms with van der Waals surface area (Å²) in [6.07, 6.45) is -2.32. The fourth-order valence-corrected chi connectivity index (χ4v) is 3.60. The second kappa shape index (κ2) is 6.43. The fourth-order valence-electron chi connectivity index (χ4n) is 3.60. The van der Waals surface area contributed by atoms with Crippen LogP contribution in [0.2, 0.25) is 0 Å². The number of alkyl halides is 3. The number of aromatic nitrogens is 4. The molecule has 0 unspecified atom stereocenters. The zero-order valence-corrected chi connectivity index (χ0v) is 15.0. The summed E-state index contributed by atoms with van der Waals surface area (Å²) in [5, 5.41) is 10.2. The largest absolute Gasteiger partial charge is 0.480 e. The summed E-state index contributed by atoms with van der Waals surface area (Å²) in [5.41, 5.74) is 6.60. The Bertz CT molecular complexity index is 1280. The number of anilines is 1. The van der Waals surface area contributed by atoms with E-state index in [2.05, 4.69) is 15.0 Å². The molecule has 0 atom stereocenters. The van der Waals surface area contributed by atoms with Gasteiger partial charge in [-0.3, -0.25) is 9.78 Å². The zero-order chi connectivity index (χ0) is 20.9. The number of carboxylic acids is 1. The molecule has 29 heavy (non-hydrogen) atoms. The molecule has 0 aliphatic carbocycles. The van der Waals surface area contributed by atoms with Crippen molar-refractivity contribution in [3.63, 3.8) is 0 Å². The van der Waals surface area contributed by atoms with Crippen LogP contribution >= 0.6 is 0 Å². The molecule has 0 aliphatic heterocycles. The second-order valence-electron chi connectivity index (χ2n) is 6.52. The van der Waals surface area contributed by atoms with Crippen LogP contribution in [0.4, 0.5) is 19.0 Å². The molecule has 3 heterocycles. The van der Waals surface area contributed by atoms with Gasteiger partial charge in [0.15, 0.2) is 5.69 Å². The van der Waals surface area contributed by atoms with Gasteiger partial charge in [0.05, 0.1) is 10.9 Å². The van der Waals surface area contributed by atoms with E-state index in [1.165, 1.54) is 29.1 Å². The summed E-state index contributed by atoms with van der Waals surface area (Å²) >= 11 is 0. The molecule has 0 saturated carbocycles. The number of nitrogens with zero attached hydrogens (tertiary/aromatic N) is 4. The van der Waals surface area contributed by atoms with E-state index in [0.717, 1.165) is 6.20 Å². The predicted octanol–water partition coefficient (Wildman–Crippen LogP) is 3.64. The maximum Gasteiger partial charge on any atom is 0.433 e. The third-order valence-corrected chi connectivity index (χ3v) is 4.63. The number of aryl methyl sites for hydroxylation is 1. The van der Waals surface area contributed by atoms with E-state index in [0.29, 0.717) is 27.5 Å². The third kappa shape index (κ3) is 3.02. The van der Waals surface area contributed by atoms with Gasteiger partial charge in [-0.05, 0) is 36.2 Å². The van der Waals surface area contributed by atoms with Crippen LogP contribution in [0.3, 0.4) is 0 Å². The molecule has 4 rings (SSSR count). The van der Waals surface area contributed by atoms with E-state index < -0.39 is 17.8 Å². The van der Waals surface area contributed by atoms with Crippen LogP contribution in [-0.4, -0.2) is 30.6 Å². The Morgan fingerprint density at radius 1 is 1.24 bits per heavy atom. The molecule has 0 radical (unpaired) electrons. The average molecular weight is 401 g/mol. The minimum atomic E-state index is -4.63. The standard InChI is InChI=1S/C19H14F3N5O2/c1-9-5-10(11-3-2-4-24-16(11)19(20,21)22)6-12-14-17(23)25-8-26-18(14)27(15(9)12)7-13(28)29/h2-6,8H,7H2,1H3,(H,28,29)(H2,23,25,26). The number of halogens is 3. The first-order valence-corrected chi connectivity index (χ1v) is 8.46. The summed E-state index contributed by atoms with van der Waals surface area (Å²) in [5.74, 6) is -0.973. The topological polar surface area (TPSA) is 107 Å². The molecule has 0 amide bonds. The monoisotopic (exact) mass is 401 g/mol. The van der Waals surface area contributed by atoms with E-state index in [1.807, 2.05) is 0 Å². The van der Waals surface area contributed by atoms with Crippen molar-refractivity contribution < 1.29 is 23.1 Å². The van der Waals surface area contributed by atoms with Gasteiger partial charge in [-0.25, -0.2) is 9.97 Å². The highest BCUT2D eigenvalue weighted by atomic mass is 19.4. The number of hydrogen-bond donors (Lipinski definition) is 2. The SMILES string of the molecule is Cc1cc(-c2cccnc2C(F)(F)F)cc2c3c(N)ncnc3n(CC(=O)O)c12. The highest BCUT2D eigenvalue weighted by molar-refractivity contribution is 6.13. The molecule has 148 valence electrons. The van der Waals surface area contributed by atoms with Crippen LogP contribution in [0.1, 0.15) is 11.3 Å². The lowest BCUT2D eigenvalue weighted by Gasteiger charge is -2.13. The minimum Gasteiger partial charge on any atom is -0.480 e. The van der Waals surface area contributed by atoms with E-state index in [4.69, 9.17) is 5.73 Å². The van der Waals surface area contributed by atoms with Crippen molar-refractivity contribution in [3.05, 3.63) is 48.0 Å². The molecule has 0 fully saturated rings. The number of benzene rings is 1. The number of pyridine rings is 1. The molecule has 7 nitrogen and oxygen atoms in total. The fraction of sp³-hybridized carbons (Fsp3) is 0.158. The van der Waals surface area contributed by atoms with Crippen molar-refractivity contribution >= 4 is 33.7 Å². The number of rotatable bonds is 3. The molecule has 4 aromatic rings. The van der Waals surface area contributed by atoms with E-state index in [9.17, 15) is 23.1 Å². The van der Waals surface area contributed by atoms with Crippen molar-refractivity contribution in [1.29, 1.82) is 0 Å². The van der Waals surface area contributed by atoms with Crippen LogP contribution in [0.15, 0.2) is 36.8 Å². The van der Waals surface area contributed by atoms with Crippen molar-refractivity contribution in [3.8, 4) is 11.1 Å². The smallest absolute Gasteiger partial charge is 0.433 e. The average Bonchev–Trinajstić information content (AvgIpc) is 2.96. The van der Waals surface area contributed by atoms with Gasteiger partial charge in [0.1, 0.15) is 24.3 Å². The molecule has 10 heteroatoms. The number of nitrogens with two attached hydrogens (primary N) is 1. The summed E-state index contributed by atoms with van der Waals surface area (Å²) in [6.45, 7) is 1.31. The summed E-state index contributed by atoms with van der Waals surface area (Å²) in [4.78, 5) is 23.0. The molecule has 0 aliphatic rings. The molecule has 1 aromatic carbocycles. The van der Waals surface area contributed by atoms with Gasteiger partial charge in [-0.2, -0.15) is 13.2 Å². The Labute approximate surface area is 161 Å². The molecule has 3 N–H and O–H groups in total. The van der Waals surface area contributed by atoms with Crippen LogP contribution in [0, 0.1) is 6.92 Å². The van der Waals surface area contributed by atoms with Gasteiger partial charge >= 0.3 is 12.1 Å². The van der Waals surface area contributed by atoms with E-state index in [-0.39, 0.29) is 23.5 Å². The lowest BCUT2D eigenvalue weighted by molar-refractivity contribution is -0.140. The van der Waals surface area contributed by atoms with Crippen LogP contribution < -0.4 is 5.73 Å². The van der Waals surface area contributed by atoms with Gasteiger partial charge < -0.3 is 15.4 Å². The maximum atomic E-state index is 13.4. The molecule has 0 saturated heterocycles. The van der Waals surface area contributed by atoms with E-state index >= 15 is 0 Å². The van der Waals surface area contributed by atoms with Gasteiger partial charge in [0.2, 0.25) is 0 Å². The number of carbonyl (C=O) groups is 1. The van der Waals surface area contributed by atoms with Gasteiger partial charge in [0.25, 0.3) is 0 Å². The normalized spacial score (nSPS) is 12.0. The number of fused-ring (bicyclic) bond motifs is 3. The zero-order valence-electron chi connectivity index (χ0n) is 15.0. The van der Waals surface area contributed by atoms with Crippen LogP contribution in [-0.2, 0) is 17.5 Å². The van der Waals surface area contributed by atoms with Crippen molar-refractivity contribution in [2.45, 2.75) is 19.6 Å². The first kappa shape index (κ1) is 18.7. The lowest BCUT2D eigenvalue weighted by Crippen LogP contribution is -2.10. The number of carboxylic acid groups (broad SMARTS) is 1. The Hall–Kier alpha value is -3.69. The van der Waals surface area contributed by atoms with Crippen molar-refractivity contribution in [2.24, 2.45) is 0 Å². The first-order valence-electron chi connectivity index (χ1n) is 8.46. The summed E-state index contributed by atoms with van der Waals surface area (Å²) in [6, 6.07) is 5.87. The third-order valence-electron chi connectivity index (χ3n) is 4.63. The summed E-state index contributed by atoms with van der Waals surface area (Å²) in [7, 11) is 0. The number of nitrogen functional groups attached to an aromatic ring is 1. The predicted molar refractivity (Wildman–Crippen MR) is 100 cm³/mol. The Kier molecular flexibility index (Phi) is 4.14. The summed E-state index contributed by atoms with van der Waals surface area (Å²) < 4.78 is 41.8. The highest BCUT2D eigenvalue weighted by Crippen LogP contribution is 2.39. The molecule has 3 aromatic heterocycles. The van der Waals surface area contributed by atoms with Gasteiger partial charge in [-0.15, -0.1) is 0 Å².